The van der Waals surface area contributed by atoms with E-state index in [1.54, 1.807) is 0 Å². The number of anilines is 1. The highest BCUT2D eigenvalue weighted by atomic mass is 19.2. The van der Waals surface area contributed by atoms with E-state index in [9.17, 15) is 8.78 Å². The normalized spacial score (nSPS) is 10.4. The minimum atomic E-state index is -0.831. The lowest BCUT2D eigenvalue weighted by Crippen LogP contribution is -2.05. The molecule has 21 heavy (non-hydrogen) atoms. The number of aryl methyl sites for hydroxylation is 1. The predicted molar refractivity (Wildman–Crippen MR) is 80.8 cm³/mol. The van der Waals surface area contributed by atoms with Crippen LogP contribution in [-0.2, 0) is 0 Å². The first-order valence-electron chi connectivity index (χ1n) is 7.03. The molecular weight excluding hydrogens is 272 g/mol. The van der Waals surface area contributed by atoms with Crippen molar-refractivity contribution >= 4 is 5.69 Å². The van der Waals surface area contributed by atoms with Crippen LogP contribution in [0.1, 0.15) is 18.4 Å². The first kappa shape index (κ1) is 15.3. The van der Waals surface area contributed by atoms with Gasteiger partial charge in [0.2, 0.25) is 0 Å². The van der Waals surface area contributed by atoms with Gasteiger partial charge in [-0.3, -0.25) is 0 Å². The Kier molecular flexibility index (Phi) is 5.55. The third-order valence-corrected chi connectivity index (χ3v) is 3.11. The van der Waals surface area contributed by atoms with Crippen LogP contribution >= 0.6 is 0 Å². The Morgan fingerprint density at radius 3 is 2.43 bits per heavy atom. The van der Waals surface area contributed by atoms with Crippen LogP contribution in [0, 0.1) is 18.6 Å². The number of hydrogen-bond donors (Lipinski definition) is 1. The SMILES string of the molecule is Cc1ccc(OCCCCNc2ccc(F)c(F)c2)cc1. The lowest BCUT2D eigenvalue weighted by Gasteiger charge is -2.08. The molecule has 2 aromatic rings. The molecule has 4 heteroatoms. The summed E-state index contributed by atoms with van der Waals surface area (Å²) in [5.41, 5.74) is 1.80. The smallest absolute Gasteiger partial charge is 0.160 e. The van der Waals surface area contributed by atoms with Crippen molar-refractivity contribution in [1.29, 1.82) is 0 Å². The van der Waals surface area contributed by atoms with Gasteiger partial charge in [-0.25, -0.2) is 8.78 Å². The van der Waals surface area contributed by atoms with E-state index in [0.717, 1.165) is 30.7 Å². The molecule has 0 saturated heterocycles. The quantitative estimate of drug-likeness (QED) is 0.756. The van der Waals surface area contributed by atoms with Crippen LogP contribution < -0.4 is 10.1 Å². The molecule has 0 heterocycles. The lowest BCUT2D eigenvalue weighted by atomic mass is 10.2. The van der Waals surface area contributed by atoms with Crippen molar-refractivity contribution in [1.82, 2.24) is 0 Å². The van der Waals surface area contributed by atoms with Gasteiger partial charge >= 0.3 is 0 Å². The molecule has 1 N–H and O–H groups in total. The summed E-state index contributed by atoms with van der Waals surface area (Å²) in [6.07, 6.45) is 1.79. The topological polar surface area (TPSA) is 21.3 Å². The molecule has 0 amide bonds. The molecule has 0 unspecified atom stereocenters. The van der Waals surface area contributed by atoms with E-state index in [-0.39, 0.29) is 0 Å². The molecule has 2 nitrogen and oxygen atoms in total. The molecule has 0 aliphatic rings. The average Bonchev–Trinajstić information content (AvgIpc) is 2.48. The average molecular weight is 291 g/mol. The Morgan fingerprint density at radius 1 is 0.952 bits per heavy atom. The maximum atomic E-state index is 13.0. The number of halogens is 2. The molecule has 0 aromatic heterocycles. The standard InChI is InChI=1S/C17H19F2NO/c1-13-4-7-15(8-5-13)21-11-3-2-10-20-14-6-9-16(18)17(19)12-14/h4-9,12,20H,2-3,10-11H2,1H3. The van der Waals surface area contributed by atoms with Crippen molar-refractivity contribution < 1.29 is 13.5 Å². The summed E-state index contributed by atoms with van der Waals surface area (Å²) in [7, 11) is 0. The Morgan fingerprint density at radius 2 is 1.71 bits per heavy atom. The molecule has 0 aliphatic heterocycles. The van der Waals surface area contributed by atoms with Gasteiger partial charge in [-0.1, -0.05) is 17.7 Å². The zero-order chi connectivity index (χ0) is 15.1. The zero-order valence-electron chi connectivity index (χ0n) is 12.0. The second-order valence-corrected chi connectivity index (χ2v) is 4.92. The van der Waals surface area contributed by atoms with Gasteiger partial charge in [-0.05, 0) is 50.1 Å². The molecule has 112 valence electrons. The van der Waals surface area contributed by atoms with Crippen LogP contribution in [0.2, 0.25) is 0 Å². The van der Waals surface area contributed by atoms with Gasteiger partial charge < -0.3 is 10.1 Å². The van der Waals surface area contributed by atoms with Crippen molar-refractivity contribution in [3.63, 3.8) is 0 Å². The molecular formula is C17H19F2NO. The van der Waals surface area contributed by atoms with Gasteiger partial charge in [0.05, 0.1) is 6.61 Å². The molecule has 0 saturated carbocycles. The second-order valence-electron chi connectivity index (χ2n) is 4.92. The van der Waals surface area contributed by atoms with Crippen molar-refractivity contribution in [2.24, 2.45) is 0 Å². The highest BCUT2D eigenvalue weighted by Gasteiger charge is 2.01. The first-order chi connectivity index (χ1) is 10.1. The zero-order valence-corrected chi connectivity index (χ0v) is 12.0. The van der Waals surface area contributed by atoms with Crippen LogP contribution in [0.5, 0.6) is 5.75 Å². The number of unbranched alkanes of at least 4 members (excludes halogenated alkanes) is 1. The van der Waals surface area contributed by atoms with Crippen LogP contribution in [0.15, 0.2) is 42.5 Å². The van der Waals surface area contributed by atoms with Gasteiger partial charge in [0.25, 0.3) is 0 Å². The maximum Gasteiger partial charge on any atom is 0.160 e. The van der Waals surface area contributed by atoms with E-state index in [4.69, 9.17) is 4.74 Å². The van der Waals surface area contributed by atoms with Crippen LogP contribution in [0.3, 0.4) is 0 Å². The van der Waals surface area contributed by atoms with Crippen molar-refractivity contribution in [2.75, 3.05) is 18.5 Å². The van der Waals surface area contributed by atoms with Gasteiger partial charge in [-0.2, -0.15) is 0 Å². The Bertz CT molecular complexity index is 570. The molecule has 0 radical (unpaired) electrons. The Balaban J connectivity index is 1.61. The van der Waals surface area contributed by atoms with Crippen molar-refractivity contribution in [3.8, 4) is 5.75 Å². The number of nitrogens with one attached hydrogen (secondary N) is 1. The molecule has 0 bridgehead atoms. The van der Waals surface area contributed by atoms with Crippen molar-refractivity contribution in [3.05, 3.63) is 59.7 Å². The van der Waals surface area contributed by atoms with Crippen LogP contribution in [-0.4, -0.2) is 13.2 Å². The Labute approximate surface area is 123 Å². The van der Waals surface area contributed by atoms with E-state index >= 15 is 0 Å². The fourth-order valence-electron chi connectivity index (χ4n) is 1.89. The molecule has 2 rings (SSSR count). The first-order valence-corrected chi connectivity index (χ1v) is 7.03. The van der Waals surface area contributed by atoms with Gasteiger partial charge in [0.1, 0.15) is 5.75 Å². The molecule has 0 aliphatic carbocycles. The summed E-state index contributed by atoms with van der Waals surface area (Å²) in [4.78, 5) is 0. The fourth-order valence-corrected chi connectivity index (χ4v) is 1.89. The predicted octanol–water partition coefficient (Wildman–Crippen LogP) is 4.54. The fraction of sp³-hybridized carbons (Fsp3) is 0.294. The molecule has 0 atom stereocenters. The van der Waals surface area contributed by atoms with E-state index in [0.29, 0.717) is 18.8 Å². The van der Waals surface area contributed by atoms with Gasteiger partial charge in [0, 0.05) is 12.2 Å². The van der Waals surface area contributed by atoms with Gasteiger partial charge in [0.15, 0.2) is 11.6 Å². The Hall–Kier alpha value is -2.10. The second kappa shape index (κ2) is 7.62. The molecule has 0 spiro atoms. The maximum absolute atomic E-state index is 13.0. The summed E-state index contributed by atoms with van der Waals surface area (Å²) < 4.78 is 31.4. The monoisotopic (exact) mass is 291 g/mol. The lowest BCUT2D eigenvalue weighted by molar-refractivity contribution is 0.308. The summed E-state index contributed by atoms with van der Waals surface area (Å²) in [6.45, 7) is 3.37. The van der Waals surface area contributed by atoms with E-state index < -0.39 is 11.6 Å². The van der Waals surface area contributed by atoms with E-state index in [1.165, 1.54) is 11.6 Å². The summed E-state index contributed by atoms with van der Waals surface area (Å²) in [6, 6.07) is 11.8. The largest absolute Gasteiger partial charge is 0.494 e. The minimum absolute atomic E-state index is 0.591. The third-order valence-electron chi connectivity index (χ3n) is 3.11. The van der Waals surface area contributed by atoms with E-state index in [2.05, 4.69) is 5.32 Å². The highest BCUT2D eigenvalue weighted by molar-refractivity contribution is 5.43. The minimum Gasteiger partial charge on any atom is -0.494 e. The number of hydrogen-bond acceptors (Lipinski definition) is 2. The number of benzene rings is 2. The summed E-state index contributed by atoms with van der Waals surface area (Å²) in [5.74, 6) is -0.788. The molecule has 0 fully saturated rings. The summed E-state index contributed by atoms with van der Waals surface area (Å²) >= 11 is 0. The van der Waals surface area contributed by atoms with Crippen LogP contribution in [0.4, 0.5) is 14.5 Å². The highest BCUT2D eigenvalue weighted by Crippen LogP contribution is 2.14. The summed E-state index contributed by atoms with van der Waals surface area (Å²) in [5, 5.41) is 3.06. The number of rotatable bonds is 7. The van der Waals surface area contributed by atoms with Crippen molar-refractivity contribution in [2.45, 2.75) is 19.8 Å². The third kappa shape index (κ3) is 5.06. The molecule has 2 aromatic carbocycles. The van der Waals surface area contributed by atoms with E-state index in [1.807, 2.05) is 31.2 Å². The van der Waals surface area contributed by atoms with Crippen LogP contribution in [0.25, 0.3) is 0 Å². The number of ether oxygens (including phenoxy) is 1. The van der Waals surface area contributed by atoms with Gasteiger partial charge in [-0.15, -0.1) is 0 Å².